The number of hydrogen-bond donors (Lipinski definition) is 1. The maximum absolute atomic E-state index is 13.2. The minimum atomic E-state index is -0.296. The van der Waals surface area contributed by atoms with Crippen molar-refractivity contribution in [2.45, 2.75) is 20.5 Å². The third kappa shape index (κ3) is 6.67. The predicted octanol–water partition coefficient (Wildman–Crippen LogP) is 6.86. The molecule has 186 valence electrons. The maximum atomic E-state index is 13.2. The Kier molecular flexibility index (Phi) is 8.66. The Labute approximate surface area is 221 Å². The van der Waals surface area contributed by atoms with Gasteiger partial charge in [-0.2, -0.15) is 0 Å². The molecule has 0 radical (unpaired) electrons. The Bertz CT molecular complexity index is 1290. The largest absolute Gasteiger partial charge is 0.494 e. The highest BCUT2D eigenvalue weighted by molar-refractivity contribution is 9.10. The van der Waals surface area contributed by atoms with Gasteiger partial charge in [-0.1, -0.05) is 28.1 Å². The molecule has 0 aromatic heterocycles. The Morgan fingerprint density at radius 3 is 2.36 bits per heavy atom. The Morgan fingerprint density at radius 1 is 0.972 bits per heavy atom. The number of carbonyl (C=O) groups is 1. The number of rotatable bonds is 9. The van der Waals surface area contributed by atoms with Crippen LogP contribution in [0.15, 0.2) is 75.0 Å². The number of hydrogen-bond acceptors (Lipinski definition) is 6. The summed E-state index contributed by atoms with van der Waals surface area (Å²) in [5.74, 6) is 1.32. The number of benzene rings is 3. The van der Waals surface area contributed by atoms with Gasteiger partial charge in [0.2, 0.25) is 0 Å². The first-order valence-electron chi connectivity index (χ1n) is 11.3. The number of thioether (sulfide) groups is 1. The molecule has 1 fully saturated rings. The van der Waals surface area contributed by atoms with Gasteiger partial charge in [-0.05, 0) is 91.3 Å². The molecule has 1 N–H and O–H groups in total. The van der Waals surface area contributed by atoms with Gasteiger partial charge in [-0.15, -0.1) is 0 Å². The second-order valence-corrected chi connectivity index (χ2v) is 9.46. The second-order valence-electron chi connectivity index (χ2n) is 7.58. The van der Waals surface area contributed by atoms with E-state index in [1.54, 1.807) is 24.3 Å². The van der Waals surface area contributed by atoms with E-state index in [0.717, 1.165) is 21.3 Å². The topological polar surface area (TPSA) is 69.2 Å². The van der Waals surface area contributed by atoms with Gasteiger partial charge in [0.15, 0.2) is 16.7 Å². The number of aliphatic imine (C=N–C) groups is 1. The maximum Gasteiger partial charge on any atom is 0.264 e. The van der Waals surface area contributed by atoms with Crippen LogP contribution >= 0.6 is 27.7 Å². The predicted molar refractivity (Wildman–Crippen MR) is 144 cm³/mol. The average molecular weight is 571 g/mol. The van der Waals surface area contributed by atoms with Crippen molar-refractivity contribution < 1.29 is 23.4 Å². The van der Waals surface area contributed by atoms with Crippen LogP contribution in [0.2, 0.25) is 0 Å². The van der Waals surface area contributed by atoms with Crippen LogP contribution in [0.1, 0.15) is 25.0 Å². The molecule has 6 nitrogen and oxygen atoms in total. The first-order valence-corrected chi connectivity index (χ1v) is 12.9. The van der Waals surface area contributed by atoms with Gasteiger partial charge in [0, 0.05) is 4.47 Å². The van der Waals surface area contributed by atoms with Crippen molar-refractivity contribution in [3.05, 3.63) is 87.0 Å². The van der Waals surface area contributed by atoms with E-state index < -0.39 is 0 Å². The first-order chi connectivity index (χ1) is 17.4. The van der Waals surface area contributed by atoms with E-state index in [2.05, 4.69) is 26.2 Å². The van der Waals surface area contributed by atoms with Crippen LogP contribution < -0.4 is 19.5 Å². The van der Waals surface area contributed by atoms with Crippen molar-refractivity contribution >= 4 is 50.5 Å². The lowest BCUT2D eigenvalue weighted by atomic mass is 10.1. The molecule has 0 aliphatic carbocycles. The Hall–Kier alpha value is -3.30. The quantitative estimate of drug-likeness (QED) is 0.285. The zero-order valence-corrected chi connectivity index (χ0v) is 22.1. The normalized spacial score (nSPS) is 15.3. The van der Waals surface area contributed by atoms with E-state index in [0.29, 0.717) is 40.5 Å². The molecule has 0 atom stereocenters. The lowest BCUT2D eigenvalue weighted by Crippen LogP contribution is -2.19. The van der Waals surface area contributed by atoms with Crippen LogP contribution in [0.3, 0.4) is 0 Å². The lowest BCUT2D eigenvalue weighted by Gasteiger charge is -2.14. The van der Waals surface area contributed by atoms with Gasteiger partial charge < -0.3 is 19.5 Å². The molecule has 1 aliphatic heterocycles. The van der Waals surface area contributed by atoms with Gasteiger partial charge in [-0.25, -0.2) is 9.38 Å². The molecule has 1 amide bonds. The van der Waals surface area contributed by atoms with Crippen molar-refractivity contribution in [3.63, 3.8) is 0 Å². The minimum absolute atomic E-state index is 0.230. The number of amidine groups is 1. The summed E-state index contributed by atoms with van der Waals surface area (Å²) in [6.45, 7) is 5.11. The highest BCUT2D eigenvalue weighted by Gasteiger charge is 2.24. The zero-order chi connectivity index (χ0) is 25.5. The fourth-order valence-corrected chi connectivity index (χ4v) is 4.58. The standard InChI is InChI=1S/C27H24BrFN2O4S/c1-3-33-21-11-9-20(10-12-21)30-27-31-26(32)25(36-27)14-18-13-23(34-4-2)24(15-22(18)28)35-16-17-5-7-19(29)8-6-17/h5-15H,3-4,16H2,1-2H3,(H,30,31,32)/b25-14+. The van der Waals surface area contributed by atoms with Gasteiger partial charge in [0.25, 0.3) is 5.91 Å². The van der Waals surface area contributed by atoms with Gasteiger partial charge in [-0.3, -0.25) is 4.79 Å². The number of ether oxygens (including phenoxy) is 3. The fraction of sp³-hybridized carbons (Fsp3) is 0.185. The first kappa shape index (κ1) is 25.8. The van der Waals surface area contributed by atoms with Gasteiger partial charge in [0.05, 0.1) is 23.8 Å². The molecule has 1 aliphatic rings. The van der Waals surface area contributed by atoms with Crippen LogP contribution in [0.4, 0.5) is 10.1 Å². The molecule has 3 aromatic carbocycles. The Morgan fingerprint density at radius 2 is 1.67 bits per heavy atom. The van der Waals surface area contributed by atoms with Crippen molar-refractivity contribution in [2.24, 2.45) is 4.99 Å². The summed E-state index contributed by atoms with van der Waals surface area (Å²) in [6, 6.07) is 17.1. The zero-order valence-electron chi connectivity index (χ0n) is 19.7. The molecular weight excluding hydrogens is 547 g/mol. The summed E-state index contributed by atoms with van der Waals surface area (Å²) in [6.07, 6.45) is 1.77. The van der Waals surface area contributed by atoms with Gasteiger partial charge in [0.1, 0.15) is 18.2 Å². The van der Waals surface area contributed by atoms with E-state index in [-0.39, 0.29) is 18.3 Å². The number of amides is 1. The van der Waals surface area contributed by atoms with Gasteiger partial charge >= 0.3 is 0 Å². The third-order valence-corrected chi connectivity index (χ3v) is 6.58. The molecule has 0 spiro atoms. The molecule has 0 bridgehead atoms. The highest BCUT2D eigenvalue weighted by atomic mass is 79.9. The monoisotopic (exact) mass is 570 g/mol. The van der Waals surface area contributed by atoms with Crippen molar-refractivity contribution in [1.29, 1.82) is 0 Å². The van der Waals surface area contributed by atoms with E-state index in [9.17, 15) is 9.18 Å². The third-order valence-electron chi connectivity index (χ3n) is 4.99. The summed E-state index contributed by atoms with van der Waals surface area (Å²) < 4.78 is 31.1. The fourth-order valence-electron chi connectivity index (χ4n) is 3.31. The average Bonchev–Trinajstić information content (AvgIpc) is 3.21. The molecule has 36 heavy (non-hydrogen) atoms. The van der Waals surface area contributed by atoms with E-state index in [4.69, 9.17) is 14.2 Å². The number of nitrogens with one attached hydrogen (secondary N) is 1. The number of halogens is 2. The van der Waals surface area contributed by atoms with Crippen LogP contribution in [-0.4, -0.2) is 24.3 Å². The van der Waals surface area contributed by atoms with Crippen molar-refractivity contribution in [1.82, 2.24) is 5.32 Å². The summed E-state index contributed by atoms with van der Waals surface area (Å²) >= 11 is 4.83. The van der Waals surface area contributed by atoms with E-state index >= 15 is 0 Å². The summed E-state index contributed by atoms with van der Waals surface area (Å²) in [5, 5.41) is 3.30. The number of nitrogens with zero attached hydrogens (tertiary/aromatic N) is 1. The Balaban J connectivity index is 1.52. The van der Waals surface area contributed by atoms with Crippen molar-refractivity contribution in [3.8, 4) is 17.2 Å². The number of carbonyl (C=O) groups excluding carboxylic acids is 1. The van der Waals surface area contributed by atoms with Crippen LogP contribution in [-0.2, 0) is 11.4 Å². The minimum Gasteiger partial charge on any atom is -0.494 e. The summed E-state index contributed by atoms with van der Waals surface area (Å²) in [4.78, 5) is 17.6. The summed E-state index contributed by atoms with van der Waals surface area (Å²) in [7, 11) is 0. The molecule has 1 heterocycles. The molecule has 0 saturated carbocycles. The molecule has 0 unspecified atom stereocenters. The van der Waals surface area contributed by atoms with Crippen LogP contribution in [0, 0.1) is 5.82 Å². The van der Waals surface area contributed by atoms with Crippen LogP contribution in [0.25, 0.3) is 6.08 Å². The molecule has 3 aromatic rings. The smallest absolute Gasteiger partial charge is 0.264 e. The molecule has 9 heteroatoms. The SMILES string of the molecule is CCOc1ccc(N=C2NC(=O)/C(=C\c3cc(OCC)c(OCc4ccc(F)cc4)cc3Br)S2)cc1. The lowest BCUT2D eigenvalue weighted by molar-refractivity contribution is -0.115. The van der Waals surface area contributed by atoms with E-state index in [1.165, 1.54) is 23.9 Å². The highest BCUT2D eigenvalue weighted by Crippen LogP contribution is 2.37. The second kappa shape index (κ2) is 12.1. The molecule has 1 saturated heterocycles. The van der Waals surface area contributed by atoms with Crippen molar-refractivity contribution in [2.75, 3.05) is 13.2 Å². The summed E-state index contributed by atoms with van der Waals surface area (Å²) in [5.41, 5.74) is 2.30. The molecule has 4 rings (SSSR count). The molecular formula is C27H24BrFN2O4S. The van der Waals surface area contributed by atoms with E-state index in [1.807, 2.05) is 44.2 Å². The van der Waals surface area contributed by atoms with Crippen LogP contribution in [0.5, 0.6) is 17.2 Å².